The van der Waals surface area contributed by atoms with Gasteiger partial charge in [-0.1, -0.05) is 0 Å². The third-order valence-electron chi connectivity index (χ3n) is 2.88. The Morgan fingerprint density at radius 1 is 1.30 bits per heavy atom. The molecule has 5 N–H and O–H groups in total. The zero-order valence-corrected chi connectivity index (χ0v) is 11.0. The second-order valence-electron chi connectivity index (χ2n) is 4.40. The molecule has 0 aromatic rings. The standard InChI is InChI=1S/C11H19N3O6/c12-8(15)7-20-6-3-13-10(18)14-11(9(16)17)1-4-19-5-2-11/h1-7H2,(H2,12,15)(H,16,17)(H2,13,14,18). The van der Waals surface area contributed by atoms with E-state index in [9.17, 15) is 19.5 Å². The van der Waals surface area contributed by atoms with Gasteiger partial charge in [0.2, 0.25) is 5.91 Å². The highest BCUT2D eigenvalue weighted by Gasteiger charge is 2.41. The van der Waals surface area contributed by atoms with Crippen molar-refractivity contribution < 1.29 is 29.0 Å². The third kappa shape index (κ3) is 5.02. The lowest BCUT2D eigenvalue weighted by Gasteiger charge is -2.33. The fourth-order valence-corrected chi connectivity index (χ4v) is 1.78. The Kier molecular flexibility index (Phi) is 6.19. The molecule has 1 heterocycles. The van der Waals surface area contributed by atoms with Gasteiger partial charge in [0, 0.05) is 32.6 Å². The molecule has 1 fully saturated rings. The molecule has 0 aromatic carbocycles. The van der Waals surface area contributed by atoms with Gasteiger partial charge in [-0.25, -0.2) is 9.59 Å². The van der Waals surface area contributed by atoms with Crippen molar-refractivity contribution in [2.45, 2.75) is 18.4 Å². The number of carbonyl (C=O) groups is 3. The Bertz CT molecular complexity index is 367. The lowest BCUT2D eigenvalue weighted by Crippen LogP contribution is -2.59. The van der Waals surface area contributed by atoms with Gasteiger partial charge in [0.15, 0.2) is 0 Å². The van der Waals surface area contributed by atoms with E-state index in [1.807, 2.05) is 0 Å². The van der Waals surface area contributed by atoms with E-state index in [1.165, 1.54) is 0 Å². The topological polar surface area (TPSA) is 140 Å². The molecule has 3 amide bonds. The lowest BCUT2D eigenvalue weighted by atomic mass is 9.90. The molecule has 0 aliphatic carbocycles. The van der Waals surface area contributed by atoms with E-state index in [1.54, 1.807) is 0 Å². The Hall–Kier alpha value is -1.87. The number of carboxylic acids is 1. The van der Waals surface area contributed by atoms with E-state index in [0.717, 1.165) is 0 Å². The van der Waals surface area contributed by atoms with Gasteiger partial charge >= 0.3 is 12.0 Å². The van der Waals surface area contributed by atoms with Crippen LogP contribution in [0.15, 0.2) is 0 Å². The van der Waals surface area contributed by atoms with Crippen LogP contribution in [0.2, 0.25) is 0 Å². The second-order valence-corrected chi connectivity index (χ2v) is 4.40. The zero-order valence-electron chi connectivity index (χ0n) is 11.0. The maximum Gasteiger partial charge on any atom is 0.329 e. The molecule has 9 nitrogen and oxygen atoms in total. The van der Waals surface area contributed by atoms with Crippen LogP contribution in [0.4, 0.5) is 4.79 Å². The molecule has 0 bridgehead atoms. The smallest absolute Gasteiger partial charge is 0.329 e. The van der Waals surface area contributed by atoms with Crippen LogP contribution < -0.4 is 16.4 Å². The minimum atomic E-state index is -1.30. The monoisotopic (exact) mass is 289 g/mol. The number of carbonyl (C=O) groups excluding carboxylic acids is 2. The number of primary amides is 1. The first-order valence-corrected chi connectivity index (χ1v) is 6.19. The number of amides is 3. The van der Waals surface area contributed by atoms with E-state index in [4.69, 9.17) is 15.2 Å². The summed E-state index contributed by atoms with van der Waals surface area (Å²) in [5, 5.41) is 14.1. The summed E-state index contributed by atoms with van der Waals surface area (Å²) < 4.78 is 9.95. The Balaban J connectivity index is 2.32. The third-order valence-corrected chi connectivity index (χ3v) is 2.88. The van der Waals surface area contributed by atoms with Crippen molar-refractivity contribution in [2.75, 3.05) is 33.0 Å². The molecule has 0 atom stereocenters. The van der Waals surface area contributed by atoms with Gasteiger partial charge in [0.05, 0.1) is 6.61 Å². The molecule has 0 saturated carbocycles. The second kappa shape index (κ2) is 7.65. The first-order chi connectivity index (χ1) is 9.46. The van der Waals surface area contributed by atoms with Crippen molar-refractivity contribution in [2.24, 2.45) is 5.73 Å². The zero-order chi connectivity index (χ0) is 15.0. The summed E-state index contributed by atoms with van der Waals surface area (Å²) in [6, 6.07) is -0.600. The average molecular weight is 289 g/mol. The molecule has 1 aliphatic rings. The number of rotatable bonds is 7. The van der Waals surface area contributed by atoms with Crippen LogP contribution in [0.25, 0.3) is 0 Å². The van der Waals surface area contributed by atoms with Crippen molar-refractivity contribution in [1.29, 1.82) is 0 Å². The molecule has 114 valence electrons. The normalized spacial score (nSPS) is 17.2. The molecule has 1 aliphatic heterocycles. The number of urea groups is 1. The molecular weight excluding hydrogens is 270 g/mol. The number of ether oxygens (including phenoxy) is 2. The number of carboxylic acid groups (broad SMARTS) is 1. The summed E-state index contributed by atoms with van der Waals surface area (Å²) in [6.45, 7) is 0.604. The fraction of sp³-hybridized carbons (Fsp3) is 0.727. The summed E-state index contributed by atoms with van der Waals surface area (Å²) in [6.07, 6.45) is 0.432. The van der Waals surface area contributed by atoms with E-state index < -0.39 is 23.4 Å². The van der Waals surface area contributed by atoms with Crippen LogP contribution in [-0.2, 0) is 19.1 Å². The van der Waals surface area contributed by atoms with Gasteiger partial charge in [-0.2, -0.15) is 0 Å². The molecule has 1 saturated heterocycles. The predicted octanol–water partition coefficient (Wildman–Crippen LogP) is -1.58. The molecule has 20 heavy (non-hydrogen) atoms. The molecule has 0 unspecified atom stereocenters. The molecule has 0 aromatic heterocycles. The minimum Gasteiger partial charge on any atom is -0.480 e. The van der Waals surface area contributed by atoms with Gasteiger partial charge in [-0.15, -0.1) is 0 Å². The van der Waals surface area contributed by atoms with Crippen LogP contribution in [0.3, 0.4) is 0 Å². The molecular formula is C11H19N3O6. The van der Waals surface area contributed by atoms with Crippen molar-refractivity contribution in [3.05, 3.63) is 0 Å². The molecule has 1 rings (SSSR count). The predicted molar refractivity (Wildman–Crippen MR) is 67.0 cm³/mol. The van der Waals surface area contributed by atoms with E-state index >= 15 is 0 Å². The van der Waals surface area contributed by atoms with Crippen LogP contribution in [0.1, 0.15) is 12.8 Å². The van der Waals surface area contributed by atoms with Gasteiger partial charge < -0.3 is 30.9 Å². The minimum absolute atomic E-state index is 0.111. The largest absolute Gasteiger partial charge is 0.480 e. The highest BCUT2D eigenvalue weighted by Crippen LogP contribution is 2.20. The lowest BCUT2D eigenvalue weighted by molar-refractivity contribution is -0.148. The highest BCUT2D eigenvalue weighted by molar-refractivity contribution is 5.86. The van der Waals surface area contributed by atoms with Gasteiger partial charge in [-0.05, 0) is 0 Å². The van der Waals surface area contributed by atoms with Crippen molar-refractivity contribution in [3.8, 4) is 0 Å². The van der Waals surface area contributed by atoms with Gasteiger partial charge in [0.25, 0.3) is 0 Å². The SMILES string of the molecule is NC(=O)COCCNC(=O)NC1(C(=O)O)CCOCC1. The maximum atomic E-state index is 11.6. The van der Waals surface area contributed by atoms with Gasteiger partial charge in [0.1, 0.15) is 12.1 Å². The maximum absolute atomic E-state index is 11.6. The van der Waals surface area contributed by atoms with Gasteiger partial charge in [-0.3, -0.25) is 4.79 Å². The average Bonchev–Trinajstić information content (AvgIpc) is 2.38. The number of nitrogens with one attached hydrogen (secondary N) is 2. The van der Waals surface area contributed by atoms with E-state index in [2.05, 4.69) is 10.6 Å². The molecule has 0 radical (unpaired) electrons. The number of hydrogen-bond donors (Lipinski definition) is 4. The number of hydrogen-bond acceptors (Lipinski definition) is 5. The number of aliphatic carboxylic acids is 1. The summed E-state index contributed by atoms with van der Waals surface area (Å²) in [5.41, 5.74) is 3.57. The summed E-state index contributed by atoms with van der Waals surface area (Å²) >= 11 is 0. The van der Waals surface area contributed by atoms with Crippen molar-refractivity contribution >= 4 is 17.9 Å². The van der Waals surface area contributed by atoms with Crippen LogP contribution in [-0.4, -0.2) is 61.5 Å². The first-order valence-electron chi connectivity index (χ1n) is 6.19. The first kappa shape index (κ1) is 16.2. The van der Waals surface area contributed by atoms with Crippen LogP contribution in [0.5, 0.6) is 0 Å². The van der Waals surface area contributed by atoms with Crippen LogP contribution >= 0.6 is 0 Å². The molecule has 0 spiro atoms. The molecule has 9 heteroatoms. The van der Waals surface area contributed by atoms with Crippen LogP contribution in [0, 0.1) is 0 Å². The van der Waals surface area contributed by atoms with Crippen molar-refractivity contribution in [1.82, 2.24) is 10.6 Å². The summed E-state index contributed by atoms with van der Waals surface area (Å²) in [5.74, 6) is -1.68. The Morgan fingerprint density at radius 2 is 1.95 bits per heavy atom. The quantitative estimate of drug-likeness (QED) is 0.417. The fourth-order valence-electron chi connectivity index (χ4n) is 1.78. The Labute approximate surface area is 115 Å². The highest BCUT2D eigenvalue weighted by atomic mass is 16.5. The van der Waals surface area contributed by atoms with E-state index in [-0.39, 0.29) is 45.8 Å². The van der Waals surface area contributed by atoms with Crippen molar-refractivity contribution in [3.63, 3.8) is 0 Å². The summed E-state index contributed by atoms with van der Waals surface area (Å²) in [7, 11) is 0. The number of nitrogens with two attached hydrogens (primary N) is 1. The van der Waals surface area contributed by atoms with E-state index in [0.29, 0.717) is 0 Å². The Morgan fingerprint density at radius 3 is 2.50 bits per heavy atom. The summed E-state index contributed by atoms with van der Waals surface area (Å²) in [4.78, 5) is 33.3.